The van der Waals surface area contributed by atoms with Crippen molar-refractivity contribution in [1.82, 2.24) is 9.88 Å². The fraction of sp³-hybridized carbons (Fsp3) is 0.500. The zero-order chi connectivity index (χ0) is 14.4. The second-order valence-electron chi connectivity index (χ2n) is 3.72. The van der Waals surface area contributed by atoms with Crippen molar-refractivity contribution >= 4 is 23.8 Å². The lowest BCUT2D eigenvalue weighted by molar-refractivity contribution is -0.429. The molecule has 104 valence electrons. The van der Waals surface area contributed by atoms with Crippen molar-refractivity contribution in [1.29, 1.82) is 0 Å². The molecule has 0 aliphatic carbocycles. The van der Waals surface area contributed by atoms with E-state index in [9.17, 15) is 10.1 Å². The molecule has 0 atom stereocenters. The minimum Gasteiger partial charge on any atom is -0.389 e. The van der Waals surface area contributed by atoms with Gasteiger partial charge in [0.25, 0.3) is 5.70 Å². The highest BCUT2D eigenvalue weighted by Gasteiger charge is 2.20. The van der Waals surface area contributed by atoms with Gasteiger partial charge in [-0.25, -0.2) is 4.98 Å². The fourth-order valence-corrected chi connectivity index (χ4v) is 2.41. The molecule has 0 spiro atoms. The average molecular weight is 302 g/mol. The van der Waals surface area contributed by atoms with Crippen molar-refractivity contribution in [3.05, 3.63) is 37.7 Å². The van der Waals surface area contributed by atoms with Crippen LogP contribution in [0.5, 0.6) is 0 Å². The number of rotatable bonds is 7. The van der Waals surface area contributed by atoms with E-state index in [0.717, 1.165) is 0 Å². The van der Waals surface area contributed by atoms with E-state index in [-0.39, 0.29) is 24.5 Å². The third-order valence-corrected chi connectivity index (χ3v) is 3.45. The summed E-state index contributed by atoms with van der Waals surface area (Å²) in [5, 5.41) is 22.2. The summed E-state index contributed by atoms with van der Waals surface area (Å²) in [6, 6.07) is 0. The SMILES string of the molecule is CCC(=C(N=S)N(C)Cc1csc(CO)n1)[N+](=O)[O-]. The molecule has 0 saturated carbocycles. The lowest BCUT2D eigenvalue weighted by Crippen LogP contribution is -2.20. The van der Waals surface area contributed by atoms with Crippen LogP contribution in [0.4, 0.5) is 0 Å². The van der Waals surface area contributed by atoms with Crippen LogP contribution in [0, 0.1) is 10.1 Å². The first-order valence-electron chi connectivity index (χ1n) is 5.49. The van der Waals surface area contributed by atoms with E-state index in [2.05, 4.69) is 21.8 Å². The number of nitro groups is 1. The van der Waals surface area contributed by atoms with Crippen LogP contribution in [0.2, 0.25) is 0 Å². The van der Waals surface area contributed by atoms with Gasteiger partial charge < -0.3 is 10.0 Å². The van der Waals surface area contributed by atoms with Gasteiger partial charge in [-0.1, -0.05) is 6.92 Å². The molecule has 1 heterocycles. The number of aromatic nitrogens is 1. The molecule has 9 heteroatoms. The highest BCUT2D eigenvalue weighted by atomic mass is 32.1. The largest absolute Gasteiger partial charge is 0.389 e. The normalized spacial score (nSPS) is 11.9. The molecule has 1 aromatic rings. The number of hydrogen-bond donors (Lipinski definition) is 1. The highest BCUT2D eigenvalue weighted by Crippen LogP contribution is 2.18. The summed E-state index contributed by atoms with van der Waals surface area (Å²) in [5.41, 5.74) is 0.696. The smallest absolute Gasteiger partial charge is 0.289 e. The average Bonchev–Trinajstić information content (AvgIpc) is 2.82. The first-order chi connectivity index (χ1) is 9.03. The lowest BCUT2D eigenvalue weighted by Gasteiger charge is -2.16. The number of allylic oxidation sites excluding steroid dienone is 1. The topological polar surface area (TPSA) is 91.9 Å². The quantitative estimate of drug-likeness (QED) is 0.608. The molecule has 0 amide bonds. The van der Waals surface area contributed by atoms with Gasteiger partial charge >= 0.3 is 0 Å². The van der Waals surface area contributed by atoms with Crippen LogP contribution in [0.3, 0.4) is 0 Å². The van der Waals surface area contributed by atoms with Crippen LogP contribution in [0.15, 0.2) is 21.3 Å². The van der Waals surface area contributed by atoms with Crippen molar-refractivity contribution < 1.29 is 10.0 Å². The van der Waals surface area contributed by atoms with Gasteiger partial charge in [0.15, 0.2) is 0 Å². The minimum atomic E-state index is -0.470. The summed E-state index contributed by atoms with van der Waals surface area (Å²) in [5.74, 6) is 0.168. The second kappa shape index (κ2) is 7.22. The molecule has 0 unspecified atom stereocenters. The van der Waals surface area contributed by atoms with E-state index in [1.807, 2.05) is 0 Å². The van der Waals surface area contributed by atoms with Gasteiger partial charge in [-0.15, -0.1) is 11.3 Å². The molecule has 19 heavy (non-hydrogen) atoms. The maximum absolute atomic E-state index is 10.9. The van der Waals surface area contributed by atoms with E-state index in [4.69, 9.17) is 5.11 Å². The Morgan fingerprint density at radius 2 is 2.42 bits per heavy atom. The summed E-state index contributed by atoms with van der Waals surface area (Å²) in [4.78, 5) is 16.2. The van der Waals surface area contributed by atoms with E-state index in [1.165, 1.54) is 11.3 Å². The summed E-state index contributed by atoms with van der Waals surface area (Å²) >= 11 is 5.96. The zero-order valence-electron chi connectivity index (χ0n) is 10.6. The molecule has 0 fully saturated rings. The molecular weight excluding hydrogens is 288 g/mol. The van der Waals surface area contributed by atoms with Crippen LogP contribution < -0.4 is 0 Å². The number of aliphatic hydroxyl groups is 1. The number of nitrogens with zero attached hydrogens (tertiary/aromatic N) is 4. The Kier molecular flexibility index (Phi) is 5.93. The Hall–Kier alpha value is -1.45. The van der Waals surface area contributed by atoms with Gasteiger partial charge in [-0.3, -0.25) is 10.1 Å². The van der Waals surface area contributed by atoms with Crippen LogP contribution in [0.1, 0.15) is 24.0 Å². The lowest BCUT2D eigenvalue weighted by atomic mass is 10.3. The summed E-state index contributed by atoms with van der Waals surface area (Å²) in [6.45, 7) is 1.92. The summed E-state index contributed by atoms with van der Waals surface area (Å²) < 4.78 is 3.58. The van der Waals surface area contributed by atoms with Crippen LogP contribution in [-0.2, 0) is 25.6 Å². The molecule has 1 N–H and O–H groups in total. The fourth-order valence-electron chi connectivity index (χ4n) is 1.52. The van der Waals surface area contributed by atoms with Gasteiger partial charge in [-0.05, 0) is 0 Å². The molecule has 1 aromatic heterocycles. The Balaban J connectivity index is 2.93. The molecular formula is C10H14N4O3S2. The molecule has 0 bridgehead atoms. The molecule has 0 saturated heterocycles. The third-order valence-electron chi connectivity index (χ3n) is 2.40. The first kappa shape index (κ1) is 15.6. The molecule has 1 rings (SSSR count). The molecule has 0 aliphatic rings. The Morgan fingerprint density at radius 3 is 2.84 bits per heavy atom. The predicted octanol–water partition coefficient (Wildman–Crippen LogP) is 1.65. The standard InChI is InChI=1S/C10H14N4O3S2/c1-3-8(14(16)17)10(12-18)13(2)4-7-6-19-9(5-15)11-7/h6,15H,3-5H2,1-2H3. The Bertz CT molecular complexity index is 501. The molecule has 0 aliphatic heterocycles. The van der Waals surface area contributed by atoms with E-state index in [0.29, 0.717) is 17.2 Å². The molecule has 0 radical (unpaired) electrons. The molecule has 0 aromatic carbocycles. The Labute approximate surface area is 119 Å². The predicted molar refractivity (Wildman–Crippen MR) is 73.6 cm³/mol. The number of thiazole rings is 1. The van der Waals surface area contributed by atoms with Gasteiger partial charge in [0.1, 0.15) is 5.01 Å². The summed E-state index contributed by atoms with van der Waals surface area (Å²) in [6.07, 6.45) is 0.242. The van der Waals surface area contributed by atoms with Crippen molar-refractivity contribution in [3.8, 4) is 0 Å². The van der Waals surface area contributed by atoms with Gasteiger partial charge in [-0.2, -0.15) is 4.36 Å². The third kappa shape index (κ3) is 4.01. The first-order valence-corrected chi connectivity index (χ1v) is 6.74. The zero-order valence-corrected chi connectivity index (χ0v) is 12.2. The number of aliphatic hydroxyl groups excluding tert-OH is 1. The van der Waals surface area contributed by atoms with Crippen molar-refractivity contribution in [2.24, 2.45) is 4.36 Å². The maximum Gasteiger partial charge on any atom is 0.289 e. The van der Waals surface area contributed by atoms with E-state index >= 15 is 0 Å². The highest BCUT2D eigenvalue weighted by molar-refractivity contribution is 7.47. The van der Waals surface area contributed by atoms with Crippen LogP contribution >= 0.6 is 11.3 Å². The van der Waals surface area contributed by atoms with Gasteiger partial charge in [0.2, 0.25) is 5.82 Å². The van der Waals surface area contributed by atoms with Crippen LogP contribution in [-0.4, -0.2) is 27.0 Å². The van der Waals surface area contributed by atoms with Crippen molar-refractivity contribution in [2.75, 3.05) is 7.05 Å². The Morgan fingerprint density at radius 1 is 1.74 bits per heavy atom. The van der Waals surface area contributed by atoms with Gasteiger partial charge in [0.05, 0.1) is 23.8 Å². The van der Waals surface area contributed by atoms with E-state index < -0.39 is 4.92 Å². The van der Waals surface area contributed by atoms with Gasteiger partial charge in [0, 0.05) is 31.3 Å². The molecule has 7 nitrogen and oxygen atoms in total. The van der Waals surface area contributed by atoms with Crippen molar-refractivity contribution in [2.45, 2.75) is 26.5 Å². The minimum absolute atomic E-state index is 0.0184. The second-order valence-corrected chi connectivity index (χ2v) is 4.84. The van der Waals surface area contributed by atoms with Crippen molar-refractivity contribution in [3.63, 3.8) is 0 Å². The van der Waals surface area contributed by atoms with Crippen LogP contribution in [0.25, 0.3) is 0 Å². The maximum atomic E-state index is 10.9. The monoisotopic (exact) mass is 302 g/mol. The summed E-state index contributed by atoms with van der Waals surface area (Å²) in [7, 11) is 1.67. The number of hydrogen-bond acceptors (Lipinski definition) is 8. The van der Waals surface area contributed by atoms with E-state index in [1.54, 1.807) is 24.3 Å².